The minimum absolute atomic E-state index is 0.0933. The summed E-state index contributed by atoms with van der Waals surface area (Å²) in [7, 11) is 0. The summed E-state index contributed by atoms with van der Waals surface area (Å²) in [6.07, 6.45) is 4.60. The topological polar surface area (TPSA) is 61.4 Å². The van der Waals surface area contributed by atoms with Gasteiger partial charge in [0.15, 0.2) is 0 Å². The zero-order valence-corrected chi connectivity index (χ0v) is 11.9. The molecular formula is C14H28N2O2. The maximum atomic E-state index is 11.7. The summed E-state index contributed by atoms with van der Waals surface area (Å²) in [4.78, 5) is 11.7. The lowest BCUT2D eigenvalue weighted by molar-refractivity contribution is 0.159. The van der Waals surface area contributed by atoms with E-state index in [4.69, 9.17) is 0 Å². The van der Waals surface area contributed by atoms with Crippen molar-refractivity contribution in [3.05, 3.63) is 0 Å². The number of hydrogen-bond acceptors (Lipinski definition) is 2. The first-order valence-corrected chi connectivity index (χ1v) is 7.27. The van der Waals surface area contributed by atoms with Crippen LogP contribution in [-0.2, 0) is 0 Å². The molecule has 1 aliphatic rings. The molecule has 0 radical (unpaired) electrons. The van der Waals surface area contributed by atoms with E-state index in [0.717, 1.165) is 12.8 Å². The molecule has 1 saturated carbocycles. The molecule has 3 N–H and O–H groups in total. The second-order valence-electron chi connectivity index (χ2n) is 5.62. The first-order chi connectivity index (χ1) is 8.54. The number of urea groups is 1. The smallest absolute Gasteiger partial charge is 0.315 e. The molecule has 4 unspecified atom stereocenters. The van der Waals surface area contributed by atoms with Crippen molar-refractivity contribution in [1.82, 2.24) is 10.6 Å². The van der Waals surface area contributed by atoms with Gasteiger partial charge in [0.1, 0.15) is 0 Å². The van der Waals surface area contributed by atoms with Gasteiger partial charge in [-0.15, -0.1) is 0 Å². The van der Waals surface area contributed by atoms with Crippen LogP contribution in [0.15, 0.2) is 0 Å². The van der Waals surface area contributed by atoms with Gasteiger partial charge in [0.2, 0.25) is 0 Å². The summed E-state index contributed by atoms with van der Waals surface area (Å²) >= 11 is 0. The summed E-state index contributed by atoms with van der Waals surface area (Å²) in [5.74, 6) is 1.23. The zero-order valence-electron chi connectivity index (χ0n) is 11.9. The number of aliphatic hydroxyl groups excluding tert-OH is 1. The van der Waals surface area contributed by atoms with Gasteiger partial charge in [0, 0.05) is 12.6 Å². The van der Waals surface area contributed by atoms with E-state index >= 15 is 0 Å². The highest BCUT2D eigenvalue weighted by Crippen LogP contribution is 2.29. The Morgan fingerprint density at radius 2 is 2.11 bits per heavy atom. The lowest BCUT2D eigenvalue weighted by Gasteiger charge is -2.34. The molecule has 18 heavy (non-hydrogen) atoms. The van der Waals surface area contributed by atoms with E-state index in [-0.39, 0.29) is 12.1 Å². The van der Waals surface area contributed by atoms with Crippen molar-refractivity contribution in [2.24, 2.45) is 11.8 Å². The van der Waals surface area contributed by atoms with Crippen LogP contribution in [0.25, 0.3) is 0 Å². The fraction of sp³-hybridized carbons (Fsp3) is 0.929. The Hall–Kier alpha value is -0.770. The molecule has 0 saturated heterocycles. The van der Waals surface area contributed by atoms with Crippen LogP contribution in [-0.4, -0.2) is 29.8 Å². The molecule has 106 valence electrons. The third-order valence-electron chi connectivity index (χ3n) is 4.26. The average molecular weight is 256 g/mol. The van der Waals surface area contributed by atoms with Crippen LogP contribution in [0.4, 0.5) is 4.79 Å². The predicted octanol–water partition coefficient (Wildman–Crippen LogP) is 2.27. The summed E-state index contributed by atoms with van der Waals surface area (Å²) in [5, 5.41) is 15.3. The molecule has 1 aliphatic carbocycles. The van der Waals surface area contributed by atoms with Crippen LogP contribution in [0.1, 0.15) is 52.9 Å². The van der Waals surface area contributed by atoms with Gasteiger partial charge in [0.05, 0.1) is 6.10 Å². The lowest BCUT2D eigenvalue weighted by atomic mass is 9.78. The largest absolute Gasteiger partial charge is 0.393 e. The SMILES string of the molecule is CCC(O)CCNC(=O)NC1CCCC(C)C1C. The highest BCUT2D eigenvalue weighted by molar-refractivity contribution is 5.74. The highest BCUT2D eigenvalue weighted by atomic mass is 16.3. The number of rotatable bonds is 5. The fourth-order valence-electron chi connectivity index (χ4n) is 2.56. The van der Waals surface area contributed by atoms with Crippen LogP contribution in [0.2, 0.25) is 0 Å². The Morgan fingerprint density at radius 3 is 2.78 bits per heavy atom. The minimum Gasteiger partial charge on any atom is -0.393 e. The van der Waals surface area contributed by atoms with Crippen LogP contribution in [0.5, 0.6) is 0 Å². The lowest BCUT2D eigenvalue weighted by Crippen LogP contribution is -2.48. The maximum absolute atomic E-state index is 11.7. The molecule has 1 rings (SSSR count). The molecule has 4 nitrogen and oxygen atoms in total. The molecule has 0 aromatic rings. The fourth-order valence-corrected chi connectivity index (χ4v) is 2.56. The van der Waals surface area contributed by atoms with Crippen molar-refractivity contribution in [2.75, 3.05) is 6.54 Å². The standard InChI is InChI=1S/C14H28N2O2/c1-4-12(17)8-9-15-14(18)16-13-7-5-6-10(2)11(13)3/h10-13,17H,4-9H2,1-3H3,(H2,15,16,18). The van der Waals surface area contributed by atoms with Crippen molar-refractivity contribution in [3.8, 4) is 0 Å². The predicted molar refractivity (Wildman–Crippen MR) is 73.4 cm³/mol. The van der Waals surface area contributed by atoms with E-state index in [1.165, 1.54) is 12.8 Å². The molecule has 4 atom stereocenters. The first kappa shape index (κ1) is 15.3. The minimum atomic E-state index is -0.307. The van der Waals surface area contributed by atoms with Gasteiger partial charge < -0.3 is 15.7 Å². The number of hydrogen-bond donors (Lipinski definition) is 3. The third-order valence-corrected chi connectivity index (χ3v) is 4.26. The third kappa shape index (κ3) is 4.84. The Kier molecular flexibility index (Phi) is 6.47. The first-order valence-electron chi connectivity index (χ1n) is 7.27. The number of carbonyl (C=O) groups excluding carboxylic acids is 1. The quantitative estimate of drug-likeness (QED) is 0.706. The van der Waals surface area contributed by atoms with Crippen molar-refractivity contribution < 1.29 is 9.90 Å². The maximum Gasteiger partial charge on any atom is 0.315 e. The molecule has 2 amide bonds. The van der Waals surface area contributed by atoms with E-state index in [1.807, 2.05) is 6.92 Å². The molecule has 0 bridgehead atoms. The van der Waals surface area contributed by atoms with Crippen molar-refractivity contribution in [3.63, 3.8) is 0 Å². The molecule has 0 spiro atoms. The summed E-state index contributed by atoms with van der Waals surface area (Å²) in [6.45, 7) is 6.96. The molecule has 0 aromatic heterocycles. The van der Waals surface area contributed by atoms with E-state index in [2.05, 4.69) is 24.5 Å². The van der Waals surface area contributed by atoms with Gasteiger partial charge in [0.25, 0.3) is 0 Å². The van der Waals surface area contributed by atoms with E-state index in [0.29, 0.717) is 30.8 Å². The van der Waals surface area contributed by atoms with Crippen molar-refractivity contribution in [1.29, 1.82) is 0 Å². The summed E-state index contributed by atoms with van der Waals surface area (Å²) in [6, 6.07) is 0.203. The zero-order chi connectivity index (χ0) is 13.5. The number of nitrogens with one attached hydrogen (secondary N) is 2. The van der Waals surface area contributed by atoms with Crippen LogP contribution < -0.4 is 10.6 Å². The summed E-state index contributed by atoms with van der Waals surface area (Å²) in [5.41, 5.74) is 0. The molecule has 4 heteroatoms. The van der Waals surface area contributed by atoms with Gasteiger partial charge in [-0.1, -0.05) is 33.6 Å². The molecular weight excluding hydrogens is 228 g/mol. The Balaban J connectivity index is 2.23. The van der Waals surface area contributed by atoms with Crippen molar-refractivity contribution >= 4 is 6.03 Å². The van der Waals surface area contributed by atoms with E-state index < -0.39 is 0 Å². The molecule has 1 fully saturated rings. The molecule has 0 aliphatic heterocycles. The van der Waals surface area contributed by atoms with E-state index in [9.17, 15) is 9.90 Å². The monoisotopic (exact) mass is 256 g/mol. The van der Waals surface area contributed by atoms with Crippen LogP contribution in [0, 0.1) is 11.8 Å². The van der Waals surface area contributed by atoms with Crippen molar-refractivity contribution in [2.45, 2.75) is 65.0 Å². The Labute approximate surface area is 111 Å². The van der Waals surface area contributed by atoms with E-state index in [1.54, 1.807) is 0 Å². The number of aliphatic hydroxyl groups is 1. The normalized spacial score (nSPS) is 29.7. The van der Waals surface area contributed by atoms with Gasteiger partial charge in [-0.05, 0) is 31.1 Å². The van der Waals surface area contributed by atoms with Gasteiger partial charge in [-0.3, -0.25) is 0 Å². The Bertz CT molecular complexity index is 258. The Morgan fingerprint density at radius 1 is 1.39 bits per heavy atom. The molecule has 0 heterocycles. The van der Waals surface area contributed by atoms with Crippen LogP contribution >= 0.6 is 0 Å². The van der Waals surface area contributed by atoms with Gasteiger partial charge in [-0.2, -0.15) is 0 Å². The van der Waals surface area contributed by atoms with Gasteiger partial charge in [-0.25, -0.2) is 4.79 Å². The second kappa shape index (κ2) is 7.62. The van der Waals surface area contributed by atoms with Gasteiger partial charge >= 0.3 is 6.03 Å². The molecule has 0 aromatic carbocycles. The number of amides is 2. The average Bonchev–Trinajstić information content (AvgIpc) is 2.34. The number of carbonyl (C=O) groups is 1. The second-order valence-corrected chi connectivity index (χ2v) is 5.62. The van der Waals surface area contributed by atoms with Crippen LogP contribution in [0.3, 0.4) is 0 Å². The summed E-state index contributed by atoms with van der Waals surface area (Å²) < 4.78 is 0. The highest BCUT2D eigenvalue weighted by Gasteiger charge is 2.27.